The van der Waals surface area contributed by atoms with E-state index < -0.39 is 6.10 Å². The van der Waals surface area contributed by atoms with E-state index >= 15 is 0 Å². The van der Waals surface area contributed by atoms with Crippen LogP contribution in [0.15, 0.2) is 59.3 Å². The van der Waals surface area contributed by atoms with Gasteiger partial charge in [-0.3, -0.25) is 9.48 Å². The Hall–Kier alpha value is -2.86. The van der Waals surface area contributed by atoms with Gasteiger partial charge in [0.2, 0.25) is 0 Å². The molecule has 0 spiro atoms. The van der Waals surface area contributed by atoms with Gasteiger partial charge in [-0.15, -0.1) is 0 Å². The highest BCUT2D eigenvalue weighted by molar-refractivity contribution is 5.95. The van der Waals surface area contributed by atoms with E-state index in [1.165, 1.54) is 6.26 Å². The van der Waals surface area contributed by atoms with E-state index in [0.29, 0.717) is 17.9 Å². The van der Waals surface area contributed by atoms with E-state index in [1.807, 2.05) is 37.3 Å². The summed E-state index contributed by atoms with van der Waals surface area (Å²) in [6, 6.07) is 13.1. The third kappa shape index (κ3) is 3.80. The average molecular weight is 339 g/mol. The molecule has 0 saturated carbocycles. The molecule has 25 heavy (non-hydrogen) atoms. The number of nitrogens with zero attached hydrogens (tertiary/aromatic N) is 3. The SMILES string of the molecule is Cc1c(C(=O)N(Cc2ccccc2)CC(O)c2ccco2)cnn1C. The van der Waals surface area contributed by atoms with E-state index in [4.69, 9.17) is 4.42 Å². The molecule has 1 aromatic carbocycles. The van der Waals surface area contributed by atoms with Crippen LogP contribution in [0, 0.1) is 6.92 Å². The lowest BCUT2D eigenvalue weighted by Crippen LogP contribution is -2.34. The second kappa shape index (κ2) is 7.36. The first-order valence-electron chi connectivity index (χ1n) is 8.09. The Bertz CT molecular complexity index is 825. The molecule has 6 heteroatoms. The van der Waals surface area contributed by atoms with Crippen molar-refractivity contribution >= 4 is 5.91 Å². The molecule has 2 aromatic heterocycles. The van der Waals surface area contributed by atoms with E-state index in [9.17, 15) is 9.90 Å². The lowest BCUT2D eigenvalue weighted by molar-refractivity contribution is 0.0562. The molecule has 1 unspecified atom stereocenters. The minimum Gasteiger partial charge on any atom is -0.467 e. The van der Waals surface area contributed by atoms with Crippen LogP contribution in [-0.2, 0) is 13.6 Å². The maximum Gasteiger partial charge on any atom is 0.257 e. The fraction of sp³-hybridized carbons (Fsp3) is 0.263. The van der Waals surface area contributed by atoms with Crippen LogP contribution in [0.2, 0.25) is 0 Å². The molecule has 0 bridgehead atoms. The lowest BCUT2D eigenvalue weighted by Gasteiger charge is -2.25. The second-order valence-electron chi connectivity index (χ2n) is 5.97. The van der Waals surface area contributed by atoms with Gasteiger partial charge in [-0.2, -0.15) is 5.10 Å². The number of benzene rings is 1. The summed E-state index contributed by atoms with van der Waals surface area (Å²) < 4.78 is 6.92. The first-order chi connectivity index (χ1) is 12.1. The van der Waals surface area contributed by atoms with Crippen molar-refractivity contribution in [3.8, 4) is 0 Å². The van der Waals surface area contributed by atoms with Crippen molar-refractivity contribution in [1.82, 2.24) is 14.7 Å². The zero-order valence-corrected chi connectivity index (χ0v) is 14.3. The lowest BCUT2D eigenvalue weighted by atomic mass is 10.1. The van der Waals surface area contributed by atoms with Gasteiger partial charge in [0.15, 0.2) is 0 Å². The summed E-state index contributed by atoms with van der Waals surface area (Å²) in [6.07, 6.45) is 2.18. The molecule has 0 aliphatic rings. The fourth-order valence-electron chi connectivity index (χ4n) is 2.68. The van der Waals surface area contributed by atoms with Crippen molar-refractivity contribution in [2.24, 2.45) is 7.05 Å². The number of aromatic nitrogens is 2. The minimum atomic E-state index is -0.889. The van der Waals surface area contributed by atoms with Crippen LogP contribution < -0.4 is 0 Å². The van der Waals surface area contributed by atoms with Gasteiger partial charge in [-0.05, 0) is 24.6 Å². The predicted molar refractivity (Wildman–Crippen MR) is 92.8 cm³/mol. The summed E-state index contributed by atoms with van der Waals surface area (Å²) >= 11 is 0. The van der Waals surface area contributed by atoms with Gasteiger partial charge in [0.25, 0.3) is 5.91 Å². The Kier molecular flexibility index (Phi) is 5.00. The third-order valence-corrected chi connectivity index (χ3v) is 4.23. The molecule has 2 heterocycles. The second-order valence-corrected chi connectivity index (χ2v) is 5.97. The first kappa shape index (κ1) is 17.0. The molecule has 1 N–H and O–H groups in total. The number of aliphatic hydroxyl groups excluding tert-OH is 1. The molecule has 1 atom stereocenters. The molecule has 1 amide bonds. The summed E-state index contributed by atoms with van der Waals surface area (Å²) in [5.74, 6) is 0.272. The molecule has 3 aromatic rings. The number of carbonyl (C=O) groups excluding carboxylic acids is 1. The Balaban J connectivity index is 1.85. The van der Waals surface area contributed by atoms with Gasteiger partial charge in [0.1, 0.15) is 11.9 Å². The smallest absolute Gasteiger partial charge is 0.257 e. The number of aryl methyl sites for hydroxylation is 1. The summed E-state index contributed by atoms with van der Waals surface area (Å²) in [5.41, 5.74) is 2.31. The molecular formula is C19H21N3O3. The predicted octanol–water partition coefficient (Wildman–Crippen LogP) is 2.70. The van der Waals surface area contributed by atoms with Gasteiger partial charge in [0, 0.05) is 19.3 Å². The third-order valence-electron chi connectivity index (χ3n) is 4.23. The number of carbonyl (C=O) groups is 1. The highest BCUT2D eigenvalue weighted by Crippen LogP contribution is 2.19. The van der Waals surface area contributed by atoms with Crippen LogP contribution in [0.25, 0.3) is 0 Å². The molecule has 0 aliphatic heterocycles. The van der Waals surface area contributed by atoms with Crippen LogP contribution >= 0.6 is 0 Å². The Morgan fingerprint density at radius 2 is 2.04 bits per heavy atom. The fourth-order valence-corrected chi connectivity index (χ4v) is 2.68. The van der Waals surface area contributed by atoms with Crippen molar-refractivity contribution in [3.05, 3.63) is 77.5 Å². The van der Waals surface area contributed by atoms with Gasteiger partial charge in [-0.1, -0.05) is 30.3 Å². The Morgan fingerprint density at radius 1 is 1.28 bits per heavy atom. The van der Waals surface area contributed by atoms with Crippen LogP contribution in [0.5, 0.6) is 0 Å². The highest BCUT2D eigenvalue weighted by atomic mass is 16.4. The van der Waals surface area contributed by atoms with Crippen molar-refractivity contribution in [3.63, 3.8) is 0 Å². The van der Waals surface area contributed by atoms with Crippen LogP contribution in [0.3, 0.4) is 0 Å². The van der Waals surface area contributed by atoms with Crippen molar-refractivity contribution in [2.75, 3.05) is 6.54 Å². The van der Waals surface area contributed by atoms with Crippen molar-refractivity contribution < 1.29 is 14.3 Å². The molecule has 0 radical (unpaired) electrons. The summed E-state index contributed by atoms with van der Waals surface area (Å²) in [5, 5.41) is 14.6. The Labute approximate surface area is 146 Å². The molecule has 0 saturated heterocycles. The number of furan rings is 1. The van der Waals surface area contributed by atoms with Gasteiger partial charge < -0.3 is 14.4 Å². The number of hydrogen-bond acceptors (Lipinski definition) is 4. The molecular weight excluding hydrogens is 318 g/mol. The van der Waals surface area contributed by atoms with Crippen molar-refractivity contribution in [1.29, 1.82) is 0 Å². The quantitative estimate of drug-likeness (QED) is 0.749. The summed E-state index contributed by atoms with van der Waals surface area (Å²) in [7, 11) is 1.80. The van der Waals surface area contributed by atoms with Gasteiger partial charge >= 0.3 is 0 Å². The zero-order valence-electron chi connectivity index (χ0n) is 14.3. The van der Waals surface area contributed by atoms with E-state index in [-0.39, 0.29) is 12.5 Å². The van der Waals surface area contributed by atoms with E-state index in [1.54, 1.807) is 35.0 Å². The maximum atomic E-state index is 13.0. The average Bonchev–Trinajstić information content (AvgIpc) is 3.26. The highest BCUT2D eigenvalue weighted by Gasteiger charge is 2.24. The normalized spacial score (nSPS) is 12.1. The number of amides is 1. The molecule has 6 nitrogen and oxygen atoms in total. The monoisotopic (exact) mass is 339 g/mol. The topological polar surface area (TPSA) is 71.5 Å². The number of rotatable bonds is 6. The number of hydrogen-bond donors (Lipinski definition) is 1. The molecule has 130 valence electrons. The van der Waals surface area contributed by atoms with E-state index in [0.717, 1.165) is 11.3 Å². The van der Waals surface area contributed by atoms with Gasteiger partial charge in [0.05, 0.1) is 24.6 Å². The van der Waals surface area contributed by atoms with Gasteiger partial charge in [-0.25, -0.2) is 0 Å². The molecule has 3 rings (SSSR count). The Morgan fingerprint density at radius 3 is 2.64 bits per heavy atom. The summed E-state index contributed by atoms with van der Waals surface area (Å²) in [6.45, 7) is 2.38. The standard InChI is InChI=1S/C19H21N3O3/c1-14-16(11-20-21(14)2)19(24)22(12-15-7-4-3-5-8-15)13-17(23)18-9-6-10-25-18/h3-11,17,23H,12-13H2,1-2H3. The number of aliphatic hydroxyl groups is 1. The largest absolute Gasteiger partial charge is 0.467 e. The minimum absolute atomic E-state index is 0.134. The first-order valence-corrected chi connectivity index (χ1v) is 8.09. The van der Waals surface area contributed by atoms with Crippen LogP contribution in [0.1, 0.15) is 33.5 Å². The maximum absolute atomic E-state index is 13.0. The molecule has 0 fully saturated rings. The zero-order chi connectivity index (χ0) is 17.8. The molecule has 0 aliphatic carbocycles. The van der Waals surface area contributed by atoms with Crippen LogP contribution in [0.4, 0.5) is 0 Å². The van der Waals surface area contributed by atoms with E-state index in [2.05, 4.69) is 5.10 Å². The summed E-state index contributed by atoms with van der Waals surface area (Å²) in [4.78, 5) is 14.6. The van der Waals surface area contributed by atoms with Crippen LogP contribution in [-0.4, -0.2) is 32.2 Å². The van der Waals surface area contributed by atoms with Crippen molar-refractivity contribution in [2.45, 2.75) is 19.6 Å².